The average Bonchev–Trinajstić information content (AvgIpc) is 2.71. The highest BCUT2D eigenvalue weighted by Crippen LogP contribution is 2.29. The fraction of sp³-hybridized carbons (Fsp3) is 0.600. The molecule has 0 N–H and O–H groups in total. The summed E-state index contributed by atoms with van der Waals surface area (Å²) in [5, 5.41) is 15.3. The number of rotatable bonds is 6. The van der Waals surface area contributed by atoms with Gasteiger partial charge in [-0.25, -0.2) is 0 Å². The zero-order valence-electron chi connectivity index (χ0n) is 17.0. The van der Waals surface area contributed by atoms with Gasteiger partial charge in [-0.2, -0.15) is 0 Å². The van der Waals surface area contributed by atoms with Crippen LogP contribution in [-0.4, -0.2) is 66.9 Å². The minimum atomic E-state index is -0.397. The van der Waals surface area contributed by atoms with Crippen LogP contribution in [0.25, 0.3) is 0 Å². The van der Waals surface area contributed by atoms with Crippen molar-refractivity contribution in [3.8, 4) is 0 Å². The molecule has 2 atom stereocenters. The van der Waals surface area contributed by atoms with Crippen LogP contribution in [0.1, 0.15) is 38.7 Å². The lowest BCUT2D eigenvalue weighted by Crippen LogP contribution is -2.48. The lowest BCUT2D eigenvalue weighted by atomic mass is 9.97. The van der Waals surface area contributed by atoms with Gasteiger partial charge in [0, 0.05) is 36.8 Å². The molecular weight excluding hydrogens is 376 g/mol. The third kappa shape index (κ3) is 5.23. The molecule has 1 aromatic rings. The third-order valence-electron chi connectivity index (χ3n) is 5.49. The summed E-state index contributed by atoms with van der Waals surface area (Å²) in [4.78, 5) is 32.5. The van der Waals surface area contributed by atoms with E-state index in [1.807, 2.05) is 23.6 Å². The molecular formula is C20H28N4O5. The number of oxime groups is 1. The van der Waals surface area contributed by atoms with Crippen molar-refractivity contribution in [3.63, 3.8) is 0 Å². The summed E-state index contributed by atoms with van der Waals surface area (Å²) >= 11 is 0. The van der Waals surface area contributed by atoms with Gasteiger partial charge in [-0.05, 0) is 39.2 Å². The molecule has 0 bridgehead atoms. The van der Waals surface area contributed by atoms with E-state index in [9.17, 15) is 14.9 Å². The summed E-state index contributed by atoms with van der Waals surface area (Å²) in [5.74, 6) is -0.0875. The van der Waals surface area contributed by atoms with Gasteiger partial charge in [0.1, 0.15) is 5.69 Å². The largest absolute Gasteiger partial charge is 0.386 e. The number of carbonyl (C=O) groups is 1. The van der Waals surface area contributed by atoms with Gasteiger partial charge in [-0.15, -0.1) is 0 Å². The molecule has 29 heavy (non-hydrogen) atoms. The zero-order chi connectivity index (χ0) is 20.8. The van der Waals surface area contributed by atoms with E-state index in [2.05, 4.69) is 5.16 Å². The first-order chi connectivity index (χ1) is 14.0. The SMILES string of the molecule is C[C@H]1CCC[C@H](C)N1C(=O)CO/N=C\c1ccc(N2CCOCC2)c([N+](=O)[O-])c1. The molecule has 1 aromatic carbocycles. The fourth-order valence-electron chi connectivity index (χ4n) is 4.02. The Labute approximate surface area is 170 Å². The van der Waals surface area contributed by atoms with Crippen LogP contribution in [0.2, 0.25) is 0 Å². The van der Waals surface area contributed by atoms with Gasteiger partial charge in [0.05, 0.1) is 24.4 Å². The average molecular weight is 404 g/mol. The number of benzene rings is 1. The van der Waals surface area contributed by atoms with Crippen molar-refractivity contribution in [2.75, 3.05) is 37.8 Å². The molecule has 2 fully saturated rings. The number of piperidine rings is 1. The van der Waals surface area contributed by atoms with Crippen molar-refractivity contribution >= 4 is 23.5 Å². The van der Waals surface area contributed by atoms with Crippen LogP contribution in [0.15, 0.2) is 23.4 Å². The van der Waals surface area contributed by atoms with Gasteiger partial charge in [0.2, 0.25) is 0 Å². The highest BCUT2D eigenvalue weighted by molar-refractivity contribution is 5.83. The first-order valence-electron chi connectivity index (χ1n) is 10.0. The summed E-state index contributed by atoms with van der Waals surface area (Å²) in [6.07, 6.45) is 4.52. The molecule has 2 heterocycles. The summed E-state index contributed by atoms with van der Waals surface area (Å²) in [7, 11) is 0. The van der Waals surface area contributed by atoms with Crippen LogP contribution in [0.5, 0.6) is 0 Å². The van der Waals surface area contributed by atoms with E-state index in [1.165, 1.54) is 12.3 Å². The van der Waals surface area contributed by atoms with Crippen LogP contribution in [0.3, 0.4) is 0 Å². The topological polar surface area (TPSA) is 97.5 Å². The number of carbonyl (C=O) groups excluding carboxylic acids is 1. The molecule has 9 nitrogen and oxygen atoms in total. The second-order valence-electron chi connectivity index (χ2n) is 7.54. The lowest BCUT2D eigenvalue weighted by molar-refractivity contribution is -0.384. The van der Waals surface area contributed by atoms with Gasteiger partial charge in [-0.1, -0.05) is 11.2 Å². The van der Waals surface area contributed by atoms with Gasteiger partial charge in [0.15, 0.2) is 6.61 Å². The van der Waals surface area contributed by atoms with E-state index in [1.54, 1.807) is 12.1 Å². The molecule has 3 rings (SSSR count). The van der Waals surface area contributed by atoms with Crippen LogP contribution in [-0.2, 0) is 14.4 Å². The number of anilines is 1. The smallest absolute Gasteiger partial charge is 0.293 e. The molecule has 2 aliphatic rings. The van der Waals surface area contributed by atoms with Crippen molar-refractivity contribution < 1.29 is 19.3 Å². The van der Waals surface area contributed by atoms with E-state index in [0.717, 1.165) is 19.3 Å². The number of hydrogen-bond donors (Lipinski definition) is 0. The Morgan fingerprint density at radius 3 is 2.66 bits per heavy atom. The van der Waals surface area contributed by atoms with Crippen LogP contribution < -0.4 is 4.90 Å². The predicted octanol–water partition coefficient (Wildman–Crippen LogP) is 2.57. The third-order valence-corrected chi connectivity index (χ3v) is 5.49. The Bertz CT molecular complexity index is 753. The van der Waals surface area contributed by atoms with Gasteiger partial charge >= 0.3 is 0 Å². The lowest BCUT2D eigenvalue weighted by Gasteiger charge is -2.38. The summed E-state index contributed by atoms with van der Waals surface area (Å²) in [6, 6.07) is 5.34. The molecule has 1 amide bonds. The number of nitrogens with zero attached hydrogens (tertiary/aromatic N) is 4. The minimum absolute atomic E-state index is 0.0166. The summed E-state index contributed by atoms with van der Waals surface area (Å²) in [5.41, 5.74) is 1.13. The van der Waals surface area contributed by atoms with Gasteiger partial charge in [0.25, 0.3) is 11.6 Å². The Kier molecular flexibility index (Phi) is 7.03. The van der Waals surface area contributed by atoms with Crippen molar-refractivity contribution in [1.82, 2.24) is 4.90 Å². The molecule has 0 spiro atoms. The van der Waals surface area contributed by atoms with E-state index < -0.39 is 4.92 Å². The standard InChI is InChI=1S/C20H28N4O5/c1-15-4-3-5-16(2)23(15)20(25)14-29-21-13-17-6-7-18(19(12-17)24(26)27)22-8-10-28-11-9-22/h6-7,12-13,15-16H,3-5,8-11,14H2,1-2H3/b21-13-/t15-,16-/m0/s1. The Morgan fingerprint density at radius 1 is 1.31 bits per heavy atom. The predicted molar refractivity (Wildman–Crippen MR) is 109 cm³/mol. The van der Waals surface area contributed by atoms with Crippen molar-refractivity contribution in [3.05, 3.63) is 33.9 Å². The van der Waals surface area contributed by atoms with Crippen LogP contribution in [0.4, 0.5) is 11.4 Å². The number of nitro groups is 1. The Morgan fingerprint density at radius 2 is 2.00 bits per heavy atom. The second-order valence-corrected chi connectivity index (χ2v) is 7.54. The van der Waals surface area contributed by atoms with E-state index in [0.29, 0.717) is 37.6 Å². The second kappa shape index (κ2) is 9.69. The number of ether oxygens (including phenoxy) is 1. The normalized spacial score (nSPS) is 22.7. The number of likely N-dealkylation sites (tertiary alicyclic amines) is 1. The number of nitro benzene ring substituents is 1. The highest BCUT2D eigenvalue weighted by atomic mass is 16.6. The molecule has 9 heteroatoms. The van der Waals surface area contributed by atoms with Crippen molar-refractivity contribution in [2.24, 2.45) is 5.16 Å². The first kappa shape index (κ1) is 21.0. The monoisotopic (exact) mass is 404 g/mol. The first-order valence-corrected chi connectivity index (χ1v) is 10.0. The van der Waals surface area contributed by atoms with Gasteiger partial charge in [-0.3, -0.25) is 14.9 Å². The zero-order valence-corrected chi connectivity index (χ0v) is 17.0. The molecule has 2 aliphatic heterocycles. The molecule has 0 saturated carbocycles. The molecule has 0 radical (unpaired) electrons. The molecule has 158 valence electrons. The molecule has 0 aromatic heterocycles. The molecule has 0 unspecified atom stereocenters. The number of morpholine rings is 1. The number of hydrogen-bond acceptors (Lipinski definition) is 7. The number of amides is 1. The van der Waals surface area contributed by atoms with Crippen molar-refractivity contribution in [2.45, 2.75) is 45.2 Å². The van der Waals surface area contributed by atoms with E-state index in [-0.39, 0.29) is 30.3 Å². The van der Waals surface area contributed by atoms with E-state index in [4.69, 9.17) is 9.57 Å². The maximum absolute atomic E-state index is 12.4. The van der Waals surface area contributed by atoms with Crippen molar-refractivity contribution in [1.29, 1.82) is 0 Å². The molecule has 0 aliphatic carbocycles. The van der Waals surface area contributed by atoms with Crippen LogP contribution >= 0.6 is 0 Å². The Balaban J connectivity index is 1.60. The summed E-state index contributed by atoms with van der Waals surface area (Å²) in [6.45, 7) is 6.30. The quantitative estimate of drug-likeness (QED) is 0.411. The maximum Gasteiger partial charge on any atom is 0.293 e. The maximum atomic E-state index is 12.4. The minimum Gasteiger partial charge on any atom is -0.386 e. The highest BCUT2D eigenvalue weighted by Gasteiger charge is 2.29. The van der Waals surface area contributed by atoms with Gasteiger partial charge < -0.3 is 19.4 Å². The molecule has 2 saturated heterocycles. The van der Waals surface area contributed by atoms with Crippen LogP contribution in [0, 0.1) is 10.1 Å². The summed E-state index contributed by atoms with van der Waals surface area (Å²) < 4.78 is 5.31. The van der Waals surface area contributed by atoms with E-state index >= 15 is 0 Å². The Hall–Kier alpha value is -2.68. The fourth-order valence-corrected chi connectivity index (χ4v) is 4.02.